The van der Waals surface area contributed by atoms with Crippen molar-refractivity contribution in [3.05, 3.63) is 59.4 Å². The van der Waals surface area contributed by atoms with E-state index in [4.69, 9.17) is 14.5 Å². The molecule has 0 saturated heterocycles. The predicted octanol–water partition coefficient (Wildman–Crippen LogP) is 4.20. The largest absolute Gasteiger partial charge is 0.493 e. The average molecular weight is 551 g/mol. The van der Waals surface area contributed by atoms with Crippen LogP contribution in [0.15, 0.2) is 47.5 Å². The van der Waals surface area contributed by atoms with E-state index in [1.807, 2.05) is 24.3 Å². The first-order valence-electron chi connectivity index (χ1n) is 10.9. The van der Waals surface area contributed by atoms with E-state index in [2.05, 4.69) is 52.6 Å². The van der Waals surface area contributed by atoms with E-state index in [0.717, 1.165) is 60.1 Å². The zero-order valence-electron chi connectivity index (χ0n) is 19.1. The standard InChI is InChI=1S/C24H33N5O2.HI/c1-4-25-24(26-13-12-23-28-20-8-5-6-9-21(20)29-23)27-17-19-11-10-18(2)16-22(19)31-15-7-14-30-3;/h5-6,8-11,16H,4,7,12-15,17H2,1-3H3,(H,28,29)(H2,25,26,27);1H. The van der Waals surface area contributed by atoms with Crippen molar-refractivity contribution in [2.24, 2.45) is 4.99 Å². The van der Waals surface area contributed by atoms with E-state index >= 15 is 0 Å². The number of hydrogen-bond donors (Lipinski definition) is 3. The van der Waals surface area contributed by atoms with E-state index in [0.29, 0.717) is 19.8 Å². The molecule has 0 saturated carbocycles. The summed E-state index contributed by atoms with van der Waals surface area (Å²) in [6.45, 7) is 7.53. The number of fused-ring (bicyclic) bond motifs is 1. The maximum atomic E-state index is 5.98. The highest BCUT2D eigenvalue weighted by molar-refractivity contribution is 14.0. The van der Waals surface area contributed by atoms with Gasteiger partial charge in [-0.2, -0.15) is 0 Å². The number of aromatic nitrogens is 2. The number of imidazole rings is 1. The molecule has 1 aromatic heterocycles. The molecule has 0 aliphatic heterocycles. The topological polar surface area (TPSA) is 83.6 Å². The maximum Gasteiger partial charge on any atom is 0.191 e. The third-order valence-electron chi connectivity index (χ3n) is 4.82. The van der Waals surface area contributed by atoms with Crippen LogP contribution in [0.1, 0.15) is 30.3 Å². The van der Waals surface area contributed by atoms with Gasteiger partial charge in [0.25, 0.3) is 0 Å². The molecular weight excluding hydrogens is 517 g/mol. The van der Waals surface area contributed by atoms with Crippen molar-refractivity contribution in [2.75, 3.05) is 33.4 Å². The van der Waals surface area contributed by atoms with Gasteiger partial charge in [0.1, 0.15) is 11.6 Å². The molecule has 3 rings (SSSR count). The molecule has 3 aromatic rings. The van der Waals surface area contributed by atoms with Crippen molar-refractivity contribution in [2.45, 2.75) is 33.2 Å². The Bertz CT molecular complexity index is 956. The van der Waals surface area contributed by atoms with Gasteiger partial charge in [-0.1, -0.05) is 24.3 Å². The van der Waals surface area contributed by atoms with E-state index in [9.17, 15) is 0 Å². The maximum absolute atomic E-state index is 5.98. The van der Waals surface area contributed by atoms with Crippen LogP contribution in [0.4, 0.5) is 0 Å². The average Bonchev–Trinajstić information content (AvgIpc) is 3.19. The van der Waals surface area contributed by atoms with Crippen LogP contribution in [-0.2, 0) is 17.7 Å². The summed E-state index contributed by atoms with van der Waals surface area (Å²) in [5.74, 6) is 2.64. The van der Waals surface area contributed by atoms with Gasteiger partial charge in [-0.3, -0.25) is 0 Å². The predicted molar refractivity (Wildman–Crippen MR) is 141 cm³/mol. The molecule has 0 aliphatic carbocycles. The molecule has 3 N–H and O–H groups in total. The Morgan fingerprint density at radius 1 is 1.12 bits per heavy atom. The number of benzene rings is 2. The lowest BCUT2D eigenvalue weighted by atomic mass is 10.1. The Kier molecular flexibility index (Phi) is 11.3. The van der Waals surface area contributed by atoms with Crippen molar-refractivity contribution >= 4 is 41.0 Å². The first kappa shape index (κ1) is 25.9. The fourth-order valence-corrected chi connectivity index (χ4v) is 3.24. The number of rotatable bonds is 11. The Hall–Kier alpha value is -2.33. The molecule has 0 spiro atoms. The Balaban J connectivity index is 0.00000363. The van der Waals surface area contributed by atoms with Gasteiger partial charge < -0.3 is 25.1 Å². The number of H-pyrrole nitrogens is 1. The molecule has 8 heteroatoms. The van der Waals surface area contributed by atoms with Crippen molar-refractivity contribution in [3.8, 4) is 5.75 Å². The lowest BCUT2D eigenvalue weighted by Crippen LogP contribution is -2.38. The summed E-state index contributed by atoms with van der Waals surface area (Å²) < 4.78 is 11.1. The molecule has 0 bridgehead atoms. The molecule has 0 unspecified atom stereocenters. The van der Waals surface area contributed by atoms with Gasteiger partial charge in [-0.25, -0.2) is 9.98 Å². The minimum absolute atomic E-state index is 0. The van der Waals surface area contributed by atoms with Gasteiger partial charge in [-0.05, 0) is 37.6 Å². The fourth-order valence-electron chi connectivity index (χ4n) is 3.24. The lowest BCUT2D eigenvalue weighted by molar-refractivity contribution is 0.172. The van der Waals surface area contributed by atoms with E-state index in [1.165, 1.54) is 5.56 Å². The van der Waals surface area contributed by atoms with Crippen LogP contribution in [0.3, 0.4) is 0 Å². The quantitative estimate of drug-likeness (QED) is 0.144. The summed E-state index contributed by atoms with van der Waals surface area (Å²) in [6, 6.07) is 14.3. The lowest BCUT2D eigenvalue weighted by Gasteiger charge is -2.13. The van der Waals surface area contributed by atoms with Gasteiger partial charge >= 0.3 is 0 Å². The molecule has 2 aromatic carbocycles. The van der Waals surface area contributed by atoms with Crippen LogP contribution in [0.2, 0.25) is 0 Å². The van der Waals surface area contributed by atoms with Gasteiger partial charge in [0.2, 0.25) is 0 Å². The number of para-hydroxylation sites is 2. The smallest absolute Gasteiger partial charge is 0.191 e. The summed E-state index contributed by atoms with van der Waals surface area (Å²) in [5.41, 5.74) is 4.30. The van der Waals surface area contributed by atoms with E-state index in [1.54, 1.807) is 7.11 Å². The number of ether oxygens (including phenoxy) is 2. The van der Waals surface area contributed by atoms with Gasteiger partial charge in [-0.15, -0.1) is 24.0 Å². The number of aliphatic imine (C=N–C) groups is 1. The third-order valence-corrected chi connectivity index (χ3v) is 4.82. The number of halogens is 1. The van der Waals surface area contributed by atoms with Crippen molar-refractivity contribution in [3.63, 3.8) is 0 Å². The number of methoxy groups -OCH3 is 1. The molecular formula is C24H34IN5O2. The highest BCUT2D eigenvalue weighted by Crippen LogP contribution is 2.21. The van der Waals surface area contributed by atoms with Gasteiger partial charge in [0, 0.05) is 45.2 Å². The van der Waals surface area contributed by atoms with Gasteiger partial charge in [0.15, 0.2) is 5.96 Å². The molecule has 32 heavy (non-hydrogen) atoms. The Morgan fingerprint density at radius 2 is 1.97 bits per heavy atom. The van der Waals surface area contributed by atoms with E-state index in [-0.39, 0.29) is 24.0 Å². The second-order valence-electron chi connectivity index (χ2n) is 7.38. The van der Waals surface area contributed by atoms with Crippen LogP contribution < -0.4 is 15.4 Å². The Labute approximate surface area is 207 Å². The number of guanidine groups is 1. The molecule has 1 heterocycles. The van der Waals surface area contributed by atoms with Crippen molar-refractivity contribution in [1.82, 2.24) is 20.6 Å². The van der Waals surface area contributed by atoms with Crippen molar-refractivity contribution in [1.29, 1.82) is 0 Å². The second-order valence-corrected chi connectivity index (χ2v) is 7.38. The summed E-state index contributed by atoms with van der Waals surface area (Å²) in [4.78, 5) is 12.7. The molecule has 0 atom stereocenters. The van der Waals surface area contributed by atoms with Crippen LogP contribution >= 0.6 is 24.0 Å². The number of aryl methyl sites for hydroxylation is 1. The molecule has 174 valence electrons. The Morgan fingerprint density at radius 3 is 2.75 bits per heavy atom. The first-order valence-corrected chi connectivity index (χ1v) is 10.9. The summed E-state index contributed by atoms with van der Waals surface area (Å²) in [5, 5.41) is 6.70. The SMILES string of the molecule is CCNC(=NCc1ccc(C)cc1OCCCOC)NCCc1nc2ccccc2[nH]1.I. The monoisotopic (exact) mass is 551 g/mol. The summed E-state index contributed by atoms with van der Waals surface area (Å²) >= 11 is 0. The van der Waals surface area contributed by atoms with Crippen LogP contribution in [0.5, 0.6) is 5.75 Å². The van der Waals surface area contributed by atoms with Crippen LogP contribution in [-0.4, -0.2) is 49.3 Å². The molecule has 0 fully saturated rings. The normalized spacial score (nSPS) is 11.3. The molecule has 0 radical (unpaired) electrons. The zero-order chi connectivity index (χ0) is 21.9. The zero-order valence-corrected chi connectivity index (χ0v) is 21.4. The van der Waals surface area contributed by atoms with Crippen molar-refractivity contribution < 1.29 is 9.47 Å². The van der Waals surface area contributed by atoms with Crippen LogP contribution in [0.25, 0.3) is 11.0 Å². The summed E-state index contributed by atoms with van der Waals surface area (Å²) in [7, 11) is 1.70. The molecule has 0 amide bonds. The second kappa shape index (κ2) is 13.9. The fraction of sp³-hybridized carbons (Fsp3) is 0.417. The number of aromatic amines is 1. The minimum atomic E-state index is 0. The highest BCUT2D eigenvalue weighted by atomic mass is 127. The number of nitrogens with one attached hydrogen (secondary N) is 3. The van der Waals surface area contributed by atoms with Crippen LogP contribution in [0, 0.1) is 6.92 Å². The van der Waals surface area contributed by atoms with Gasteiger partial charge in [0.05, 0.1) is 24.2 Å². The molecule has 7 nitrogen and oxygen atoms in total. The minimum Gasteiger partial charge on any atom is -0.493 e. The molecule has 0 aliphatic rings. The summed E-state index contributed by atoms with van der Waals surface area (Å²) in [6.07, 6.45) is 1.65. The number of nitrogens with zero attached hydrogens (tertiary/aromatic N) is 2. The highest BCUT2D eigenvalue weighted by Gasteiger charge is 2.06. The number of hydrogen-bond acceptors (Lipinski definition) is 4. The van der Waals surface area contributed by atoms with E-state index < -0.39 is 0 Å². The first-order chi connectivity index (χ1) is 15.2. The third kappa shape index (κ3) is 7.98.